The molecule has 1 aliphatic heterocycles. The van der Waals surface area contributed by atoms with E-state index in [1.807, 2.05) is 39.0 Å². The number of terminal acetylenes is 1. The molecule has 28 heteroatoms. The minimum absolute atomic E-state index is 0.0441. The van der Waals surface area contributed by atoms with Crippen LogP contribution in [0.15, 0.2) is 24.4 Å². The van der Waals surface area contributed by atoms with E-state index in [0.29, 0.717) is 124 Å². The van der Waals surface area contributed by atoms with E-state index in [2.05, 4.69) is 44.4 Å². The molecule has 1 aromatic carbocycles. The van der Waals surface area contributed by atoms with Gasteiger partial charge in [-0.1, -0.05) is 52.8 Å². The summed E-state index contributed by atoms with van der Waals surface area (Å²) in [7, 11) is 3.45. The molecule has 0 bridgehead atoms. The van der Waals surface area contributed by atoms with Gasteiger partial charge in [-0.25, -0.2) is 14.3 Å². The normalized spacial score (nSPS) is 12.7. The minimum atomic E-state index is -1.32. The lowest BCUT2D eigenvalue weighted by molar-refractivity contribution is -0.140. The number of carbonyl (C=O) groups excluding carboxylic acids is 6. The van der Waals surface area contributed by atoms with Crippen molar-refractivity contribution in [3.05, 3.63) is 41.2 Å². The topological polar surface area (TPSA) is 349 Å². The van der Waals surface area contributed by atoms with Gasteiger partial charge in [-0.15, -0.1) is 17.9 Å². The van der Waals surface area contributed by atoms with Crippen LogP contribution in [0.4, 0.5) is 15.3 Å². The molecule has 83 heavy (non-hydrogen) atoms. The molecule has 0 radical (unpaired) electrons. The van der Waals surface area contributed by atoms with Gasteiger partial charge in [-0.05, 0) is 35.6 Å². The van der Waals surface area contributed by atoms with Gasteiger partial charge < -0.3 is 89.0 Å². The number of likely N-dealkylation sites (tertiary alicyclic amines) is 1. The zero-order chi connectivity index (χ0) is 62.3. The number of hydrogen-bond acceptors (Lipinski definition) is 21. The van der Waals surface area contributed by atoms with Gasteiger partial charge in [0.15, 0.2) is 0 Å². The van der Waals surface area contributed by atoms with E-state index in [9.17, 15) is 33.6 Å². The third-order valence-corrected chi connectivity index (χ3v) is 10.6. The second kappa shape index (κ2) is 54.8. The number of nitrogens with one attached hydrogen (secondary N) is 4. The number of primary amides is 1. The summed E-state index contributed by atoms with van der Waals surface area (Å²) in [5.41, 5.74) is 7.84. The first-order valence-electron chi connectivity index (χ1n) is 27.6. The summed E-state index contributed by atoms with van der Waals surface area (Å²) in [5.74, 6) is -1.59. The molecule has 1 fully saturated rings. The van der Waals surface area contributed by atoms with Crippen molar-refractivity contribution in [3.8, 4) is 12.8 Å². The van der Waals surface area contributed by atoms with Crippen LogP contribution in [-0.4, -0.2) is 219 Å². The summed E-state index contributed by atoms with van der Waals surface area (Å²) in [6.45, 7) is 20.9. The number of ether oxygens (including phenoxy) is 11. The van der Waals surface area contributed by atoms with Crippen molar-refractivity contribution in [3.63, 3.8) is 0 Å². The molecule has 0 spiro atoms. The molecular weight excluding hydrogens is 1090 g/mol. The Morgan fingerprint density at radius 3 is 1.75 bits per heavy atom. The molecular formula is C55H95N9O19. The Bertz CT molecular complexity index is 2030. The maximum Gasteiger partial charge on any atom is 0.506 e. The van der Waals surface area contributed by atoms with E-state index in [0.717, 1.165) is 23.2 Å². The van der Waals surface area contributed by atoms with Gasteiger partial charge in [0.05, 0.1) is 151 Å². The molecule has 7 N–H and O–H groups in total. The lowest BCUT2D eigenvalue weighted by Gasteiger charge is -2.21. The number of imide groups is 1. The van der Waals surface area contributed by atoms with Crippen LogP contribution in [0.2, 0.25) is 0 Å². The molecule has 0 aliphatic carbocycles. The van der Waals surface area contributed by atoms with Crippen LogP contribution in [-0.2, 0) is 102 Å². The smallest absolute Gasteiger partial charge is 0.450 e. The van der Waals surface area contributed by atoms with Crippen LogP contribution < -0.4 is 27.0 Å². The van der Waals surface area contributed by atoms with Crippen LogP contribution in [0.5, 0.6) is 0 Å². The zero-order valence-electron chi connectivity index (χ0n) is 50.0. The average Bonchev–Trinajstić information content (AvgIpc) is 4.18. The first kappa shape index (κ1) is 78.7. The molecule has 2 unspecified atom stereocenters. The summed E-state index contributed by atoms with van der Waals surface area (Å²) in [6, 6.07) is 4.38. The monoisotopic (exact) mass is 1190 g/mol. The zero-order valence-corrected chi connectivity index (χ0v) is 50.0. The summed E-state index contributed by atoms with van der Waals surface area (Å²) in [5, 5.41) is 27.5. The fourth-order valence-corrected chi connectivity index (χ4v) is 6.48. The Morgan fingerprint density at radius 2 is 1.29 bits per heavy atom. The van der Waals surface area contributed by atoms with Crippen molar-refractivity contribution in [1.29, 1.82) is 0 Å². The van der Waals surface area contributed by atoms with Crippen molar-refractivity contribution < 1.29 is 90.8 Å². The van der Waals surface area contributed by atoms with Crippen LogP contribution in [0, 0.1) is 24.7 Å². The first-order valence-corrected chi connectivity index (χ1v) is 27.6. The number of nitrogens with zero attached hydrogens (tertiary/aromatic N) is 4. The predicted molar refractivity (Wildman–Crippen MR) is 306 cm³/mol. The highest BCUT2D eigenvalue weighted by molar-refractivity contribution is 6.03. The lowest BCUT2D eigenvalue weighted by atomic mass is 10.0. The van der Waals surface area contributed by atoms with Crippen molar-refractivity contribution in [2.45, 2.75) is 93.2 Å². The third kappa shape index (κ3) is 43.0. The molecule has 3 rings (SSSR count). The standard InChI is InChI=1S/C30H50N4O12.C17H27N3O6.C4H10N2O.C2H6.C2H2/c1-31-28-4-3-26(24-46-30(35)36)27(21-28)23-45-25-29-22-34(33-32-29)5-6-38-9-10-40-13-14-42-17-18-44-20-19-43-16-15-41-12-11-39-8-7-37-2;1-11(2)15(16(24)18-5-7-21)19-13(22)4-8-26-9-6-20-14(23)10-12(3)17(20)25;1-2-3-6-4(5)7;2*1-2/h3-4,21-22,31H,5-20,23-25H2,1-2H3,(H,35,36);7,11-12,15H,4-6,8-10H2,1-3H3,(H,18,24)(H,19,22);2-3H2,1H3,(H3,5,6,7);1-2H3;1-2H. The maximum absolute atomic E-state index is 11.9. The number of carboxylic acid groups (broad SMARTS) is 1. The van der Waals surface area contributed by atoms with E-state index in [4.69, 9.17) is 62.9 Å². The van der Waals surface area contributed by atoms with Crippen molar-refractivity contribution in [2.24, 2.45) is 17.6 Å². The summed E-state index contributed by atoms with van der Waals surface area (Å²) in [6.07, 6.45) is 10.2. The highest BCUT2D eigenvalue weighted by Crippen LogP contribution is 2.19. The number of carbonyl (C=O) groups is 7. The molecule has 28 nitrogen and oxygen atoms in total. The van der Waals surface area contributed by atoms with Gasteiger partial charge in [-0.3, -0.25) is 24.1 Å². The second-order valence-corrected chi connectivity index (χ2v) is 17.4. The number of nitrogens with two attached hydrogens (primary N) is 1. The molecule has 2 aromatic rings. The van der Waals surface area contributed by atoms with E-state index in [1.54, 1.807) is 45.8 Å². The van der Waals surface area contributed by atoms with Crippen molar-refractivity contribution in [1.82, 2.24) is 35.8 Å². The van der Waals surface area contributed by atoms with Crippen molar-refractivity contribution >= 4 is 47.8 Å². The number of amides is 6. The van der Waals surface area contributed by atoms with Gasteiger partial charge in [0.1, 0.15) is 24.6 Å². The third-order valence-electron chi connectivity index (χ3n) is 10.6. The molecule has 1 aromatic heterocycles. The van der Waals surface area contributed by atoms with Crippen LogP contribution in [0.3, 0.4) is 0 Å². The van der Waals surface area contributed by atoms with Crippen LogP contribution >= 0.6 is 0 Å². The van der Waals surface area contributed by atoms with Gasteiger partial charge in [0, 0.05) is 45.1 Å². The highest BCUT2D eigenvalue weighted by atomic mass is 16.7. The van der Waals surface area contributed by atoms with Gasteiger partial charge >= 0.3 is 12.2 Å². The fraction of sp³-hybridized carbons (Fsp3) is 0.691. The fourth-order valence-electron chi connectivity index (χ4n) is 6.48. The number of rotatable bonds is 44. The number of methoxy groups -OCH3 is 1. The Morgan fingerprint density at radius 1 is 0.759 bits per heavy atom. The second-order valence-electron chi connectivity index (χ2n) is 17.4. The van der Waals surface area contributed by atoms with Crippen molar-refractivity contribution in [2.75, 3.05) is 151 Å². The van der Waals surface area contributed by atoms with E-state index < -0.39 is 24.1 Å². The Labute approximate surface area is 489 Å². The highest BCUT2D eigenvalue weighted by Gasteiger charge is 2.35. The molecule has 2 atom stereocenters. The molecule has 1 saturated heterocycles. The molecule has 474 valence electrons. The Kier molecular flexibility index (Phi) is 52.0. The van der Waals surface area contributed by atoms with E-state index >= 15 is 0 Å². The predicted octanol–water partition coefficient (Wildman–Crippen LogP) is 2.58. The van der Waals surface area contributed by atoms with E-state index in [1.165, 1.54) is 4.90 Å². The van der Waals surface area contributed by atoms with Gasteiger partial charge in [0.25, 0.3) is 0 Å². The summed E-state index contributed by atoms with van der Waals surface area (Å²) in [4.78, 5) is 79.3. The Hall–Kier alpha value is -6.39. The molecule has 6 amide bonds. The van der Waals surface area contributed by atoms with E-state index in [-0.39, 0.29) is 88.5 Å². The number of aromatic nitrogens is 3. The number of aldehydes is 1. The number of anilines is 1. The number of benzene rings is 1. The summed E-state index contributed by atoms with van der Waals surface area (Å²) < 4.78 is 60.6. The Balaban J connectivity index is 0. The maximum atomic E-state index is 11.9. The molecule has 2 heterocycles. The molecule has 1 aliphatic rings. The minimum Gasteiger partial charge on any atom is -0.450 e. The first-order chi connectivity index (χ1) is 40.2. The summed E-state index contributed by atoms with van der Waals surface area (Å²) >= 11 is 0. The number of hydrogen-bond donors (Lipinski definition) is 6. The van der Waals surface area contributed by atoms with Gasteiger partial charge in [-0.2, -0.15) is 0 Å². The quantitative estimate of drug-likeness (QED) is 0.0183. The SMILES string of the molecule is C#C.CC.CC1CC(=O)N(CCOCCC(=O)NC(C(=O)NCC=O)C(C)C)C1=O.CCCNC(N)=O.CNc1ccc(COC(=O)O)c(COCc2cn(CCOCCOCCOCCOCCOCCOCCOCCOC)nn2)c1. The van der Waals surface area contributed by atoms with Gasteiger partial charge in [0.2, 0.25) is 23.6 Å². The number of urea groups is 1. The largest absolute Gasteiger partial charge is 0.506 e. The lowest BCUT2D eigenvalue weighted by Crippen LogP contribution is -2.50. The van der Waals surface area contributed by atoms with Crippen LogP contribution in [0.25, 0.3) is 0 Å². The molecule has 0 saturated carbocycles. The average molecular weight is 1190 g/mol. The van der Waals surface area contributed by atoms with Crippen LogP contribution in [0.1, 0.15) is 77.6 Å².